The number of aromatic nitrogens is 3. The molecule has 0 saturated carbocycles. The van der Waals surface area contributed by atoms with Crippen LogP contribution in [0.1, 0.15) is 38.2 Å². The van der Waals surface area contributed by atoms with Crippen LogP contribution in [-0.2, 0) is 6.42 Å². The zero-order valence-corrected chi connectivity index (χ0v) is 14.4. The number of nitrogens with zero attached hydrogens (tertiary/aromatic N) is 3. The maximum atomic E-state index is 4.57. The number of unbranched alkanes of at least 4 members (excludes halogenated alkanes) is 3. The number of rotatable bonds is 6. The molecule has 0 fully saturated rings. The van der Waals surface area contributed by atoms with Gasteiger partial charge >= 0.3 is 0 Å². The Morgan fingerprint density at radius 3 is 2.64 bits per heavy atom. The van der Waals surface area contributed by atoms with Gasteiger partial charge in [0.2, 0.25) is 5.78 Å². The topological polar surface area (TPSA) is 30.2 Å². The van der Waals surface area contributed by atoms with Crippen LogP contribution < -0.4 is 0 Å². The SMILES string of the molecule is CCCCCCc1ccc(-c2cn3cc(Br)cnc3n2)cc1. The summed E-state index contributed by atoms with van der Waals surface area (Å²) in [6, 6.07) is 8.75. The summed E-state index contributed by atoms with van der Waals surface area (Å²) < 4.78 is 2.89. The quantitative estimate of drug-likeness (QED) is 0.561. The Labute approximate surface area is 139 Å². The lowest BCUT2D eigenvalue weighted by Gasteiger charge is -2.02. The third kappa shape index (κ3) is 3.55. The van der Waals surface area contributed by atoms with Gasteiger partial charge in [-0.05, 0) is 34.3 Å². The maximum Gasteiger partial charge on any atom is 0.234 e. The lowest BCUT2D eigenvalue weighted by molar-refractivity contribution is 0.667. The molecule has 0 bridgehead atoms. The molecule has 2 heterocycles. The molecule has 0 saturated heterocycles. The second-order valence-corrected chi connectivity index (χ2v) is 6.53. The van der Waals surface area contributed by atoms with Crippen LogP contribution in [0.15, 0.2) is 47.3 Å². The van der Waals surface area contributed by atoms with Crippen LogP contribution in [0.2, 0.25) is 0 Å². The van der Waals surface area contributed by atoms with Gasteiger partial charge in [0.15, 0.2) is 0 Å². The lowest BCUT2D eigenvalue weighted by atomic mass is 10.0. The summed E-state index contributed by atoms with van der Waals surface area (Å²) in [5, 5.41) is 0. The fraction of sp³-hybridized carbons (Fsp3) is 0.333. The molecule has 22 heavy (non-hydrogen) atoms. The molecule has 4 heteroatoms. The van der Waals surface area contributed by atoms with Crippen molar-refractivity contribution in [2.45, 2.75) is 39.0 Å². The van der Waals surface area contributed by atoms with Crippen LogP contribution in [0, 0.1) is 0 Å². The zero-order chi connectivity index (χ0) is 15.4. The molecule has 0 radical (unpaired) electrons. The smallest absolute Gasteiger partial charge is 0.234 e. The van der Waals surface area contributed by atoms with E-state index in [0.717, 1.165) is 21.5 Å². The zero-order valence-electron chi connectivity index (χ0n) is 12.8. The number of halogens is 1. The van der Waals surface area contributed by atoms with Gasteiger partial charge in [0, 0.05) is 24.2 Å². The number of imidazole rings is 1. The highest BCUT2D eigenvalue weighted by atomic mass is 79.9. The van der Waals surface area contributed by atoms with Crippen LogP contribution in [0.25, 0.3) is 17.0 Å². The van der Waals surface area contributed by atoms with E-state index < -0.39 is 0 Å². The minimum Gasteiger partial charge on any atom is -0.289 e. The number of hydrogen-bond acceptors (Lipinski definition) is 2. The highest BCUT2D eigenvalue weighted by Crippen LogP contribution is 2.21. The fourth-order valence-corrected chi connectivity index (χ4v) is 2.92. The largest absolute Gasteiger partial charge is 0.289 e. The first-order chi connectivity index (χ1) is 10.8. The summed E-state index contributed by atoms with van der Waals surface area (Å²) in [6.07, 6.45) is 12.2. The molecule has 0 unspecified atom stereocenters. The van der Waals surface area contributed by atoms with Crippen molar-refractivity contribution in [2.75, 3.05) is 0 Å². The summed E-state index contributed by atoms with van der Waals surface area (Å²) in [6.45, 7) is 2.25. The summed E-state index contributed by atoms with van der Waals surface area (Å²) in [5.41, 5.74) is 3.51. The van der Waals surface area contributed by atoms with Crippen LogP contribution in [0.5, 0.6) is 0 Å². The van der Waals surface area contributed by atoms with E-state index in [1.54, 1.807) is 6.20 Å². The molecule has 0 amide bonds. The molecule has 2 aromatic heterocycles. The van der Waals surface area contributed by atoms with Gasteiger partial charge in [-0.15, -0.1) is 0 Å². The third-order valence-electron chi connectivity index (χ3n) is 3.85. The van der Waals surface area contributed by atoms with E-state index in [1.165, 1.54) is 37.7 Å². The Hall–Kier alpha value is -1.68. The van der Waals surface area contributed by atoms with E-state index in [-0.39, 0.29) is 0 Å². The summed E-state index contributed by atoms with van der Waals surface area (Å²) >= 11 is 3.43. The summed E-state index contributed by atoms with van der Waals surface area (Å²) in [5.74, 6) is 0.724. The van der Waals surface area contributed by atoms with Crippen LogP contribution in [0.4, 0.5) is 0 Å². The first-order valence-corrected chi connectivity index (χ1v) is 8.65. The van der Waals surface area contributed by atoms with Crippen molar-refractivity contribution < 1.29 is 0 Å². The Morgan fingerprint density at radius 1 is 1.05 bits per heavy atom. The van der Waals surface area contributed by atoms with Crippen molar-refractivity contribution in [3.05, 3.63) is 52.9 Å². The molecule has 1 aromatic carbocycles. The molecule has 3 nitrogen and oxygen atoms in total. The third-order valence-corrected chi connectivity index (χ3v) is 4.26. The molecule has 0 aliphatic carbocycles. The number of benzene rings is 1. The van der Waals surface area contributed by atoms with Crippen LogP contribution in [0.3, 0.4) is 0 Å². The van der Waals surface area contributed by atoms with E-state index in [2.05, 4.69) is 57.1 Å². The maximum absolute atomic E-state index is 4.57. The van der Waals surface area contributed by atoms with Gasteiger partial charge in [-0.25, -0.2) is 9.97 Å². The number of aryl methyl sites for hydroxylation is 1. The van der Waals surface area contributed by atoms with E-state index in [4.69, 9.17) is 0 Å². The van der Waals surface area contributed by atoms with Gasteiger partial charge in [0.25, 0.3) is 0 Å². The molecule has 114 valence electrons. The molecular weight excluding hydrogens is 338 g/mol. The molecule has 0 atom stereocenters. The Balaban J connectivity index is 1.73. The van der Waals surface area contributed by atoms with Gasteiger partial charge in [0.1, 0.15) is 0 Å². The summed E-state index contributed by atoms with van der Waals surface area (Å²) in [4.78, 5) is 8.88. The van der Waals surface area contributed by atoms with E-state index in [1.807, 2.05) is 16.8 Å². The average molecular weight is 358 g/mol. The Morgan fingerprint density at radius 2 is 1.86 bits per heavy atom. The van der Waals surface area contributed by atoms with Crippen LogP contribution >= 0.6 is 15.9 Å². The fourth-order valence-electron chi connectivity index (χ4n) is 2.60. The van der Waals surface area contributed by atoms with Crippen molar-refractivity contribution in [2.24, 2.45) is 0 Å². The monoisotopic (exact) mass is 357 g/mol. The number of fused-ring (bicyclic) bond motifs is 1. The molecule has 0 aliphatic rings. The average Bonchev–Trinajstić information content (AvgIpc) is 2.95. The van der Waals surface area contributed by atoms with Gasteiger partial charge in [0.05, 0.1) is 10.2 Å². The first-order valence-electron chi connectivity index (χ1n) is 7.86. The van der Waals surface area contributed by atoms with Gasteiger partial charge in [-0.3, -0.25) is 4.40 Å². The minimum atomic E-state index is 0.724. The van der Waals surface area contributed by atoms with Crippen LogP contribution in [-0.4, -0.2) is 14.4 Å². The van der Waals surface area contributed by atoms with Gasteiger partial charge in [-0.1, -0.05) is 50.5 Å². The van der Waals surface area contributed by atoms with E-state index in [9.17, 15) is 0 Å². The van der Waals surface area contributed by atoms with Gasteiger partial charge in [-0.2, -0.15) is 0 Å². The Kier molecular flexibility index (Phi) is 4.88. The van der Waals surface area contributed by atoms with Crippen molar-refractivity contribution in [3.63, 3.8) is 0 Å². The normalized spacial score (nSPS) is 11.2. The second kappa shape index (κ2) is 7.05. The lowest BCUT2D eigenvalue weighted by Crippen LogP contribution is -1.86. The predicted octanol–water partition coefficient (Wildman–Crippen LogP) is 5.28. The van der Waals surface area contributed by atoms with Crippen molar-refractivity contribution in [1.29, 1.82) is 0 Å². The molecule has 3 rings (SSSR count). The van der Waals surface area contributed by atoms with E-state index in [0.29, 0.717) is 0 Å². The highest BCUT2D eigenvalue weighted by molar-refractivity contribution is 9.10. The first kappa shape index (κ1) is 15.2. The highest BCUT2D eigenvalue weighted by Gasteiger charge is 2.05. The molecular formula is C18H20BrN3. The standard InChI is InChI=1S/C18H20BrN3/c1-2-3-4-5-6-14-7-9-15(10-8-14)17-13-22-12-16(19)11-20-18(22)21-17/h7-13H,2-6H2,1H3. The Bertz CT molecular complexity index is 747. The molecule has 0 N–H and O–H groups in total. The molecule has 3 aromatic rings. The van der Waals surface area contributed by atoms with Gasteiger partial charge < -0.3 is 0 Å². The van der Waals surface area contributed by atoms with Crippen molar-refractivity contribution >= 4 is 21.7 Å². The predicted molar refractivity (Wildman–Crippen MR) is 94.0 cm³/mol. The minimum absolute atomic E-state index is 0.724. The molecule has 0 spiro atoms. The van der Waals surface area contributed by atoms with Crippen molar-refractivity contribution in [1.82, 2.24) is 14.4 Å². The summed E-state index contributed by atoms with van der Waals surface area (Å²) in [7, 11) is 0. The van der Waals surface area contributed by atoms with Crippen molar-refractivity contribution in [3.8, 4) is 11.3 Å². The van der Waals surface area contributed by atoms with E-state index >= 15 is 0 Å². The number of hydrogen-bond donors (Lipinski definition) is 0. The molecule has 0 aliphatic heterocycles. The second-order valence-electron chi connectivity index (χ2n) is 5.61.